The Balaban J connectivity index is 3.15. The fourth-order valence-corrected chi connectivity index (χ4v) is 2.39. The van der Waals surface area contributed by atoms with Gasteiger partial charge in [0.15, 0.2) is 0 Å². The van der Waals surface area contributed by atoms with Crippen LogP contribution >= 0.6 is 24.2 Å². The van der Waals surface area contributed by atoms with Crippen molar-refractivity contribution < 1.29 is 4.74 Å². The van der Waals surface area contributed by atoms with Crippen LogP contribution < -0.4 is 4.74 Å². The largest absolute Gasteiger partial charge is 0.493 e. The standard InChI is InChI=1S/C15H23ClOS/c1-5-6-17-15-11(3)8-14(16)12(4)13(15)7-10(2)9-18/h8,10,18H,5-7,9H2,1-4H3. The molecule has 1 aromatic rings. The van der Waals surface area contributed by atoms with Gasteiger partial charge < -0.3 is 4.74 Å². The van der Waals surface area contributed by atoms with Gasteiger partial charge in [-0.3, -0.25) is 0 Å². The second-order valence-electron chi connectivity index (χ2n) is 4.95. The first-order valence-corrected chi connectivity index (χ1v) is 7.54. The van der Waals surface area contributed by atoms with E-state index in [-0.39, 0.29) is 0 Å². The van der Waals surface area contributed by atoms with Crippen molar-refractivity contribution in [3.05, 3.63) is 27.8 Å². The summed E-state index contributed by atoms with van der Waals surface area (Å²) in [6.07, 6.45) is 1.98. The zero-order valence-electron chi connectivity index (χ0n) is 11.7. The average Bonchev–Trinajstić information content (AvgIpc) is 2.34. The van der Waals surface area contributed by atoms with E-state index < -0.39 is 0 Å². The molecule has 0 spiro atoms. The van der Waals surface area contributed by atoms with E-state index in [4.69, 9.17) is 16.3 Å². The maximum absolute atomic E-state index is 6.28. The quantitative estimate of drug-likeness (QED) is 0.735. The van der Waals surface area contributed by atoms with E-state index in [9.17, 15) is 0 Å². The SMILES string of the molecule is CCCOc1c(C)cc(Cl)c(C)c1CC(C)CS. The molecule has 0 saturated carbocycles. The van der Waals surface area contributed by atoms with Gasteiger partial charge in [0, 0.05) is 5.02 Å². The van der Waals surface area contributed by atoms with E-state index >= 15 is 0 Å². The van der Waals surface area contributed by atoms with Crippen LogP contribution in [0.25, 0.3) is 0 Å². The molecule has 0 bridgehead atoms. The fraction of sp³-hybridized carbons (Fsp3) is 0.600. The highest BCUT2D eigenvalue weighted by Crippen LogP contribution is 2.34. The van der Waals surface area contributed by atoms with Crippen molar-refractivity contribution in [3.63, 3.8) is 0 Å². The van der Waals surface area contributed by atoms with Gasteiger partial charge in [0.2, 0.25) is 0 Å². The summed E-state index contributed by atoms with van der Waals surface area (Å²) in [5, 5.41) is 0.831. The summed E-state index contributed by atoms with van der Waals surface area (Å²) < 4.78 is 5.91. The van der Waals surface area contributed by atoms with Gasteiger partial charge in [-0.1, -0.05) is 25.4 Å². The molecule has 1 rings (SSSR count). The predicted octanol–water partition coefficient (Wildman–Crippen LogP) is 4.85. The van der Waals surface area contributed by atoms with Gasteiger partial charge in [0.05, 0.1) is 6.61 Å². The van der Waals surface area contributed by atoms with E-state index in [0.717, 1.165) is 47.1 Å². The molecule has 0 saturated heterocycles. The van der Waals surface area contributed by atoms with Gasteiger partial charge in [0.25, 0.3) is 0 Å². The fourth-order valence-electron chi connectivity index (χ4n) is 1.98. The van der Waals surface area contributed by atoms with Crippen molar-refractivity contribution >= 4 is 24.2 Å². The number of benzene rings is 1. The molecule has 0 aliphatic carbocycles. The Bertz CT molecular complexity index is 404. The summed E-state index contributed by atoms with van der Waals surface area (Å²) in [7, 11) is 0. The average molecular weight is 287 g/mol. The minimum atomic E-state index is 0.522. The third-order valence-electron chi connectivity index (χ3n) is 3.10. The van der Waals surface area contributed by atoms with Gasteiger partial charge in [-0.15, -0.1) is 0 Å². The minimum absolute atomic E-state index is 0.522. The topological polar surface area (TPSA) is 9.23 Å². The minimum Gasteiger partial charge on any atom is -0.493 e. The summed E-state index contributed by atoms with van der Waals surface area (Å²) in [5.41, 5.74) is 3.51. The number of rotatable bonds is 6. The normalized spacial score (nSPS) is 12.6. The summed E-state index contributed by atoms with van der Waals surface area (Å²) in [6, 6.07) is 2.00. The van der Waals surface area contributed by atoms with Crippen molar-refractivity contribution in [1.82, 2.24) is 0 Å². The lowest BCUT2D eigenvalue weighted by atomic mass is 9.95. The summed E-state index contributed by atoms with van der Waals surface area (Å²) in [4.78, 5) is 0. The van der Waals surface area contributed by atoms with E-state index in [0.29, 0.717) is 5.92 Å². The van der Waals surface area contributed by atoms with Crippen LogP contribution in [-0.2, 0) is 6.42 Å². The molecule has 0 amide bonds. The predicted molar refractivity (Wildman–Crippen MR) is 83.4 cm³/mol. The van der Waals surface area contributed by atoms with Crippen molar-refractivity contribution in [3.8, 4) is 5.75 Å². The van der Waals surface area contributed by atoms with Crippen molar-refractivity contribution in [2.75, 3.05) is 12.4 Å². The van der Waals surface area contributed by atoms with Crippen LogP contribution in [0.3, 0.4) is 0 Å². The zero-order valence-corrected chi connectivity index (χ0v) is 13.4. The maximum atomic E-state index is 6.28. The van der Waals surface area contributed by atoms with Crippen LogP contribution in [0.15, 0.2) is 6.07 Å². The molecule has 0 heterocycles. The number of thiol groups is 1. The third kappa shape index (κ3) is 3.83. The summed E-state index contributed by atoms with van der Waals surface area (Å²) >= 11 is 10.6. The van der Waals surface area contributed by atoms with E-state index in [1.807, 2.05) is 6.07 Å². The zero-order chi connectivity index (χ0) is 13.7. The summed E-state index contributed by atoms with van der Waals surface area (Å²) in [5.74, 6) is 2.42. The second kappa shape index (κ2) is 7.30. The molecule has 0 aromatic heterocycles. The highest BCUT2D eigenvalue weighted by Gasteiger charge is 2.15. The molecule has 18 heavy (non-hydrogen) atoms. The Hall–Kier alpha value is -0.340. The molecule has 1 atom stereocenters. The Kier molecular flexibility index (Phi) is 6.37. The highest BCUT2D eigenvalue weighted by atomic mass is 35.5. The third-order valence-corrected chi connectivity index (χ3v) is 4.12. The molecule has 1 nitrogen and oxygen atoms in total. The Labute approximate surface area is 121 Å². The van der Waals surface area contributed by atoms with Crippen LogP contribution in [0.1, 0.15) is 37.0 Å². The van der Waals surface area contributed by atoms with Gasteiger partial charge in [0.1, 0.15) is 5.75 Å². The van der Waals surface area contributed by atoms with Crippen molar-refractivity contribution in [1.29, 1.82) is 0 Å². The lowest BCUT2D eigenvalue weighted by molar-refractivity contribution is 0.310. The Morgan fingerprint density at radius 1 is 1.39 bits per heavy atom. The molecule has 102 valence electrons. The molecule has 0 aliphatic heterocycles. The second-order valence-corrected chi connectivity index (χ2v) is 5.72. The number of hydrogen-bond donors (Lipinski definition) is 1. The number of hydrogen-bond acceptors (Lipinski definition) is 2. The molecule has 1 aromatic carbocycles. The molecule has 1 unspecified atom stereocenters. The molecule has 0 fully saturated rings. The lowest BCUT2D eigenvalue weighted by Gasteiger charge is -2.19. The molecule has 0 radical (unpaired) electrons. The molecule has 0 N–H and O–H groups in total. The van der Waals surface area contributed by atoms with Gasteiger partial charge >= 0.3 is 0 Å². The highest BCUT2D eigenvalue weighted by molar-refractivity contribution is 7.80. The van der Waals surface area contributed by atoms with E-state index in [1.165, 1.54) is 5.56 Å². The first-order chi connectivity index (χ1) is 8.51. The van der Waals surface area contributed by atoms with Crippen LogP contribution in [0, 0.1) is 19.8 Å². The molecule has 3 heteroatoms. The Morgan fingerprint density at radius 3 is 2.61 bits per heavy atom. The number of halogens is 1. The smallest absolute Gasteiger partial charge is 0.125 e. The molecule has 0 aliphatic rings. The van der Waals surface area contributed by atoms with E-state index in [2.05, 4.69) is 40.3 Å². The first-order valence-electron chi connectivity index (χ1n) is 6.53. The lowest BCUT2D eigenvalue weighted by Crippen LogP contribution is -2.08. The van der Waals surface area contributed by atoms with Gasteiger partial charge in [-0.2, -0.15) is 12.6 Å². The van der Waals surface area contributed by atoms with Crippen LogP contribution in [0.2, 0.25) is 5.02 Å². The van der Waals surface area contributed by atoms with Crippen molar-refractivity contribution in [2.24, 2.45) is 5.92 Å². The van der Waals surface area contributed by atoms with Crippen molar-refractivity contribution in [2.45, 2.75) is 40.5 Å². The van der Waals surface area contributed by atoms with Gasteiger partial charge in [-0.25, -0.2) is 0 Å². The molecular formula is C15H23ClOS. The molecular weight excluding hydrogens is 264 g/mol. The van der Waals surface area contributed by atoms with E-state index in [1.54, 1.807) is 0 Å². The maximum Gasteiger partial charge on any atom is 0.125 e. The van der Waals surface area contributed by atoms with Crippen LogP contribution in [0.4, 0.5) is 0 Å². The first kappa shape index (κ1) is 15.7. The van der Waals surface area contributed by atoms with Gasteiger partial charge in [-0.05, 0) is 61.1 Å². The van der Waals surface area contributed by atoms with Crippen LogP contribution in [-0.4, -0.2) is 12.4 Å². The number of ether oxygens (including phenoxy) is 1. The number of aryl methyl sites for hydroxylation is 1. The monoisotopic (exact) mass is 286 g/mol. The Morgan fingerprint density at radius 2 is 2.06 bits per heavy atom. The van der Waals surface area contributed by atoms with Crippen LogP contribution in [0.5, 0.6) is 5.75 Å². The summed E-state index contributed by atoms with van der Waals surface area (Å²) in [6.45, 7) is 9.21.